The Labute approximate surface area is 117 Å². The van der Waals surface area contributed by atoms with Crippen LogP contribution < -0.4 is 11.3 Å². The molecule has 0 aliphatic carbocycles. The van der Waals surface area contributed by atoms with Crippen molar-refractivity contribution < 1.29 is 4.74 Å². The third-order valence-corrected chi connectivity index (χ3v) is 3.32. The van der Waals surface area contributed by atoms with Gasteiger partial charge in [0.1, 0.15) is 0 Å². The fourth-order valence-electron chi connectivity index (χ4n) is 2.50. The summed E-state index contributed by atoms with van der Waals surface area (Å²) < 4.78 is 5.92. The Morgan fingerprint density at radius 1 is 1.32 bits per heavy atom. The molecule has 0 radical (unpaired) electrons. The number of ether oxygens (including phenoxy) is 1. The van der Waals surface area contributed by atoms with Gasteiger partial charge in [0.25, 0.3) is 0 Å². The summed E-state index contributed by atoms with van der Waals surface area (Å²) in [5, 5.41) is 0. The number of hydrogen-bond acceptors (Lipinski definition) is 3. The number of benzene rings is 1. The number of nitrogens with two attached hydrogens (primary N) is 1. The number of hydrazine groups is 1. The van der Waals surface area contributed by atoms with Crippen LogP contribution in [0.25, 0.3) is 0 Å². The number of nitrogens with one attached hydrogen (secondary N) is 1. The molecule has 3 N–H and O–H groups in total. The van der Waals surface area contributed by atoms with E-state index in [1.165, 1.54) is 11.1 Å². The standard InChI is InChI=1S/C16H28N2O/c1-6-19-15(16(3,4)5)14(18-17)11-13-9-7-8-12(2)10-13/h7-10,14-15,18H,6,11,17H2,1-5H3. The zero-order valence-corrected chi connectivity index (χ0v) is 12.9. The maximum absolute atomic E-state index is 5.92. The van der Waals surface area contributed by atoms with Gasteiger partial charge in [0, 0.05) is 6.61 Å². The predicted octanol–water partition coefficient (Wildman–Crippen LogP) is 2.82. The molecule has 1 rings (SSSR count). The van der Waals surface area contributed by atoms with E-state index in [-0.39, 0.29) is 17.6 Å². The average Bonchev–Trinajstić information content (AvgIpc) is 2.32. The van der Waals surface area contributed by atoms with Gasteiger partial charge >= 0.3 is 0 Å². The Morgan fingerprint density at radius 2 is 2.00 bits per heavy atom. The van der Waals surface area contributed by atoms with Gasteiger partial charge in [-0.1, -0.05) is 50.6 Å². The first-order valence-electron chi connectivity index (χ1n) is 7.01. The minimum absolute atomic E-state index is 0.0525. The Kier molecular flexibility index (Phi) is 5.98. The molecule has 0 bridgehead atoms. The lowest BCUT2D eigenvalue weighted by molar-refractivity contribution is -0.0356. The molecule has 0 aromatic heterocycles. The molecule has 2 unspecified atom stereocenters. The molecule has 19 heavy (non-hydrogen) atoms. The first-order valence-corrected chi connectivity index (χ1v) is 7.01. The molecule has 3 nitrogen and oxygen atoms in total. The quantitative estimate of drug-likeness (QED) is 0.613. The van der Waals surface area contributed by atoms with Gasteiger partial charge < -0.3 is 4.74 Å². The zero-order valence-electron chi connectivity index (χ0n) is 12.9. The summed E-state index contributed by atoms with van der Waals surface area (Å²) in [6, 6.07) is 8.66. The molecule has 0 fully saturated rings. The second kappa shape index (κ2) is 7.04. The predicted molar refractivity (Wildman–Crippen MR) is 80.9 cm³/mol. The molecular weight excluding hydrogens is 236 g/mol. The van der Waals surface area contributed by atoms with Crippen LogP contribution in [-0.2, 0) is 11.2 Å². The molecule has 108 valence electrons. The smallest absolute Gasteiger partial charge is 0.0792 e. The van der Waals surface area contributed by atoms with Crippen molar-refractivity contribution in [2.75, 3.05) is 6.61 Å². The normalized spacial score (nSPS) is 15.3. The monoisotopic (exact) mass is 264 g/mol. The highest BCUT2D eigenvalue weighted by molar-refractivity contribution is 5.23. The van der Waals surface area contributed by atoms with E-state index >= 15 is 0 Å². The van der Waals surface area contributed by atoms with Crippen molar-refractivity contribution in [3.05, 3.63) is 35.4 Å². The highest BCUT2D eigenvalue weighted by Crippen LogP contribution is 2.26. The zero-order chi connectivity index (χ0) is 14.5. The summed E-state index contributed by atoms with van der Waals surface area (Å²) in [5.41, 5.74) is 5.55. The Balaban J connectivity index is 2.86. The first kappa shape index (κ1) is 16.2. The molecule has 0 amide bonds. The van der Waals surface area contributed by atoms with Crippen molar-refractivity contribution in [1.29, 1.82) is 0 Å². The van der Waals surface area contributed by atoms with E-state index in [1.54, 1.807) is 0 Å². The van der Waals surface area contributed by atoms with E-state index in [4.69, 9.17) is 10.6 Å². The van der Waals surface area contributed by atoms with Gasteiger partial charge in [0.15, 0.2) is 0 Å². The lowest BCUT2D eigenvalue weighted by atomic mass is 9.82. The molecule has 0 saturated heterocycles. The van der Waals surface area contributed by atoms with Crippen molar-refractivity contribution in [2.45, 2.75) is 53.2 Å². The molecule has 0 heterocycles. The Morgan fingerprint density at radius 3 is 2.47 bits per heavy atom. The minimum atomic E-state index is 0.0525. The second-order valence-corrected chi connectivity index (χ2v) is 6.21. The SMILES string of the molecule is CCOC(C(Cc1cccc(C)c1)NN)C(C)(C)C. The summed E-state index contributed by atoms with van der Waals surface area (Å²) in [7, 11) is 0. The van der Waals surface area contributed by atoms with Crippen LogP contribution in [0.15, 0.2) is 24.3 Å². The molecule has 0 aliphatic heterocycles. The third kappa shape index (κ3) is 4.94. The van der Waals surface area contributed by atoms with Crippen LogP contribution in [-0.4, -0.2) is 18.8 Å². The summed E-state index contributed by atoms with van der Waals surface area (Å²) in [5.74, 6) is 5.76. The molecule has 2 atom stereocenters. The van der Waals surface area contributed by atoms with Crippen molar-refractivity contribution in [3.63, 3.8) is 0 Å². The lowest BCUT2D eigenvalue weighted by Gasteiger charge is -2.36. The van der Waals surface area contributed by atoms with Gasteiger partial charge in [0.2, 0.25) is 0 Å². The first-order chi connectivity index (χ1) is 8.88. The fourth-order valence-corrected chi connectivity index (χ4v) is 2.50. The van der Waals surface area contributed by atoms with Crippen LogP contribution in [0.3, 0.4) is 0 Å². The van der Waals surface area contributed by atoms with E-state index in [1.807, 2.05) is 6.92 Å². The van der Waals surface area contributed by atoms with Crippen LogP contribution in [0.1, 0.15) is 38.8 Å². The number of rotatable bonds is 6. The van der Waals surface area contributed by atoms with Gasteiger partial charge in [-0.25, -0.2) is 0 Å². The van der Waals surface area contributed by atoms with Gasteiger partial charge in [-0.15, -0.1) is 0 Å². The van der Waals surface area contributed by atoms with E-state index in [0.717, 1.165) is 6.42 Å². The second-order valence-electron chi connectivity index (χ2n) is 6.21. The lowest BCUT2D eigenvalue weighted by Crippen LogP contribution is -2.52. The van der Waals surface area contributed by atoms with Gasteiger partial charge in [-0.3, -0.25) is 11.3 Å². The molecule has 1 aromatic carbocycles. The number of hydrogen-bond donors (Lipinski definition) is 2. The van der Waals surface area contributed by atoms with E-state index in [9.17, 15) is 0 Å². The van der Waals surface area contributed by atoms with Gasteiger partial charge in [0.05, 0.1) is 12.1 Å². The van der Waals surface area contributed by atoms with E-state index in [0.29, 0.717) is 6.61 Å². The van der Waals surface area contributed by atoms with Crippen LogP contribution in [0.5, 0.6) is 0 Å². The van der Waals surface area contributed by atoms with E-state index in [2.05, 4.69) is 57.4 Å². The van der Waals surface area contributed by atoms with Gasteiger partial charge in [-0.05, 0) is 31.2 Å². The largest absolute Gasteiger partial charge is 0.376 e. The fraction of sp³-hybridized carbons (Fsp3) is 0.625. The molecule has 1 aromatic rings. The third-order valence-electron chi connectivity index (χ3n) is 3.32. The van der Waals surface area contributed by atoms with Crippen LogP contribution in [0, 0.1) is 12.3 Å². The summed E-state index contributed by atoms with van der Waals surface area (Å²) >= 11 is 0. The van der Waals surface area contributed by atoms with Crippen molar-refractivity contribution in [2.24, 2.45) is 11.3 Å². The van der Waals surface area contributed by atoms with Crippen LogP contribution in [0.4, 0.5) is 0 Å². The van der Waals surface area contributed by atoms with Crippen molar-refractivity contribution in [1.82, 2.24) is 5.43 Å². The Bertz CT molecular complexity index is 385. The van der Waals surface area contributed by atoms with Crippen LogP contribution >= 0.6 is 0 Å². The summed E-state index contributed by atoms with van der Waals surface area (Å²) in [4.78, 5) is 0. The summed E-state index contributed by atoms with van der Waals surface area (Å²) in [6.45, 7) is 11.4. The van der Waals surface area contributed by atoms with Gasteiger partial charge in [-0.2, -0.15) is 0 Å². The maximum Gasteiger partial charge on any atom is 0.0792 e. The maximum atomic E-state index is 5.92. The highest BCUT2D eigenvalue weighted by atomic mass is 16.5. The molecule has 0 saturated carbocycles. The molecule has 0 aliphatic rings. The number of aryl methyl sites for hydroxylation is 1. The highest BCUT2D eigenvalue weighted by Gasteiger charge is 2.32. The average molecular weight is 264 g/mol. The summed E-state index contributed by atoms with van der Waals surface area (Å²) in [6.07, 6.45) is 0.961. The van der Waals surface area contributed by atoms with Crippen molar-refractivity contribution >= 4 is 0 Å². The topological polar surface area (TPSA) is 47.3 Å². The molecular formula is C16H28N2O. The Hall–Kier alpha value is -0.900. The molecule has 0 spiro atoms. The van der Waals surface area contributed by atoms with Crippen LogP contribution in [0.2, 0.25) is 0 Å². The van der Waals surface area contributed by atoms with Crippen molar-refractivity contribution in [3.8, 4) is 0 Å². The molecule has 3 heteroatoms. The minimum Gasteiger partial charge on any atom is -0.376 e. The van der Waals surface area contributed by atoms with E-state index < -0.39 is 0 Å².